The topological polar surface area (TPSA) is 17.1 Å². The third-order valence-corrected chi connectivity index (χ3v) is 5.53. The van der Waals surface area contributed by atoms with E-state index in [-0.39, 0.29) is 5.78 Å². The van der Waals surface area contributed by atoms with Crippen LogP contribution < -0.4 is 0 Å². The van der Waals surface area contributed by atoms with Crippen molar-refractivity contribution in [2.24, 2.45) is 0 Å². The van der Waals surface area contributed by atoms with E-state index in [1.165, 1.54) is 22.3 Å². The summed E-state index contributed by atoms with van der Waals surface area (Å²) in [6.45, 7) is 6.27. The van der Waals surface area contributed by atoms with E-state index < -0.39 is 0 Å². The number of Topliss-reactive ketones (excluding diaryl/α,β-unsaturated/α-hetero) is 1. The van der Waals surface area contributed by atoms with E-state index >= 15 is 0 Å². The van der Waals surface area contributed by atoms with Crippen molar-refractivity contribution in [3.63, 3.8) is 0 Å². The fourth-order valence-corrected chi connectivity index (χ4v) is 3.88. The molecule has 0 fully saturated rings. The number of ketones is 1. The monoisotopic (exact) mass is 362 g/mol. The van der Waals surface area contributed by atoms with E-state index in [4.69, 9.17) is 0 Å². The van der Waals surface area contributed by atoms with Crippen molar-refractivity contribution in [2.45, 2.75) is 32.1 Å². The normalized spacial score (nSPS) is 10.7. The highest BCUT2D eigenvalue weighted by Crippen LogP contribution is 2.27. The number of hydrogen-bond donors (Lipinski definition) is 0. The number of aryl methyl sites for hydroxylation is 3. The largest absolute Gasteiger partial charge is 0.298 e. The Morgan fingerprint density at radius 1 is 1.10 bits per heavy atom. The van der Waals surface area contributed by atoms with Crippen molar-refractivity contribution in [1.29, 1.82) is 0 Å². The van der Waals surface area contributed by atoms with Gasteiger partial charge in [0.1, 0.15) is 5.78 Å². The van der Waals surface area contributed by atoms with Crippen molar-refractivity contribution in [1.82, 2.24) is 0 Å². The zero-order chi connectivity index (χ0) is 15.4. The van der Waals surface area contributed by atoms with Gasteiger partial charge in [-0.2, -0.15) is 0 Å². The number of halogens is 1. The number of hydrogen-bond acceptors (Lipinski definition) is 2. The minimum Gasteiger partial charge on any atom is -0.298 e. The summed E-state index contributed by atoms with van der Waals surface area (Å²) in [7, 11) is 0. The maximum atomic E-state index is 12.3. The molecule has 0 aliphatic heterocycles. The summed E-state index contributed by atoms with van der Waals surface area (Å²) in [5, 5.41) is 0. The van der Waals surface area contributed by atoms with Crippen LogP contribution in [0.15, 0.2) is 45.8 Å². The van der Waals surface area contributed by atoms with Gasteiger partial charge in [-0.1, -0.05) is 29.8 Å². The molecular formula is C18H19BrOS. The average Bonchev–Trinajstić information content (AvgIpc) is 2.42. The Morgan fingerprint density at radius 2 is 1.71 bits per heavy atom. The first-order chi connectivity index (χ1) is 9.97. The molecule has 110 valence electrons. The lowest BCUT2D eigenvalue weighted by atomic mass is 9.96. The molecule has 0 heterocycles. The summed E-state index contributed by atoms with van der Waals surface area (Å²) in [4.78, 5) is 13.4. The first-order valence-electron chi connectivity index (χ1n) is 6.93. The van der Waals surface area contributed by atoms with Crippen LogP contribution in [0.2, 0.25) is 0 Å². The van der Waals surface area contributed by atoms with E-state index in [1.54, 1.807) is 11.8 Å². The van der Waals surface area contributed by atoms with Gasteiger partial charge in [0.25, 0.3) is 0 Å². The molecule has 0 bridgehead atoms. The van der Waals surface area contributed by atoms with Crippen LogP contribution in [-0.2, 0) is 11.2 Å². The number of benzene rings is 2. The molecule has 0 amide bonds. The Kier molecular flexibility index (Phi) is 5.65. The van der Waals surface area contributed by atoms with Gasteiger partial charge >= 0.3 is 0 Å². The Hall–Kier alpha value is -1.06. The molecule has 0 aliphatic rings. The highest BCUT2D eigenvalue weighted by Gasteiger charge is 2.10. The zero-order valence-corrected chi connectivity index (χ0v) is 15.0. The Bertz CT molecular complexity index is 641. The van der Waals surface area contributed by atoms with Crippen LogP contribution in [0.25, 0.3) is 0 Å². The molecule has 0 N–H and O–H groups in total. The lowest BCUT2D eigenvalue weighted by Gasteiger charge is -2.11. The predicted molar refractivity (Wildman–Crippen MR) is 94.2 cm³/mol. The summed E-state index contributed by atoms with van der Waals surface area (Å²) < 4.78 is 1.05. The van der Waals surface area contributed by atoms with Gasteiger partial charge in [0.2, 0.25) is 0 Å². The first kappa shape index (κ1) is 16.3. The Balaban J connectivity index is 2.01. The number of thioether (sulfide) groups is 1. The number of carbonyl (C=O) groups excluding carboxylic acids is 1. The summed E-state index contributed by atoms with van der Waals surface area (Å²) >= 11 is 5.11. The second kappa shape index (κ2) is 7.28. The molecule has 0 saturated carbocycles. The van der Waals surface area contributed by atoms with E-state index in [0.717, 1.165) is 9.37 Å². The molecule has 0 unspecified atom stereocenters. The summed E-state index contributed by atoms with van der Waals surface area (Å²) in [6.07, 6.45) is 0.523. The molecule has 0 aromatic heterocycles. The minimum atomic E-state index is 0.269. The van der Waals surface area contributed by atoms with Gasteiger partial charge in [0, 0.05) is 15.8 Å². The minimum absolute atomic E-state index is 0.269. The molecule has 2 aromatic rings. The highest BCUT2D eigenvalue weighted by atomic mass is 79.9. The maximum absolute atomic E-state index is 12.3. The van der Waals surface area contributed by atoms with Crippen LogP contribution >= 0.6 is 27.7 Å². The van der Waals surface area contributed by atoms with Crippen LogP contribution in [-0.4, -0.2) is 11.5 Å². The molecular weight excluding hydrogens is 344 g/mol. The van der Waals surface area contributed by atoms with Crippen LogP contribution in [0.3, 0.4) is 0 Å². The van der Waals surface area contributed by atoms with Crippen molar-refractivity contribution < 1.29 is 4.79 Å². The Labute approximate surface area is 139 Å². The van der Waals surface area contributed by atoms with E-state index in [1.807, 2.05) is 24.3 Å². The molecule has 0 atom stereocenters. The lowest BCUT2D eigenvalue weighted by Crippen LogP contribution is -2.08. The lowest BCUT2D eigenvalue weighted by molar-refractivity contribution is -0.116. The predicted octanol–water partition coefficient (Wildman–Crippen LogP) is 5.28. The summed E-state index contributed by atoms with van der Waals surface area (Å²) in [5.74, 6) is 0.779. The van der Waals surface area contributed by atoms with Crippen molar-refractivity contribution in [3.8, 4) is 0 Å². The van der Waals surface area contributed by atoms with Gasteiger partial charge in [0.05, 0.1) is 5.75 Å². The van der Waals surface area contributed by atoms with Gasteiger partial charge in [-0.3, -0.25) is 4.79 Å². The van der Waals surface area contributed by atoms with Gasteiger partial charge in [-0.25, -0.2) is 0 Å². The number of rotatable bonds is 5. The zero-order valence-electron chi connectivity index (χ0n) is 12.6. The summed E-state index contributed by atoms with van der Waals surface area (Å²) in [5.41, 5.74) is 4.86. The van der Waals surface area contributed by atoms with E-state index in [9.17, 15) is 4.79 Å². The molecule has 2 aromatic carbocycles. The van der Waals surface area contributed by atoms with Crippen LogP contribution in [0.5, 0.6) is 0 Å². The van der Waals surface area contributed by atoms with Crippen molar-refractivity contribution in [3.05, 3.63) is 63.1 Å². The molecule has 0 radical (unpaired) electrons. The molecule has 1 nitrogen and oxygen atoms in total. The maximum Gasteiger partial charge on any atom is 0.147 e. The average molecular weight is 363 g/mol. The highest BCUT2D eigenvalue weighted by molar-refractivity contribution is 9.10. The van der Waals surface area contributed by atoms with Crippen LogP contribution in [0.4, 0.5) is 0 Å². The van der Waals surface area contributed by atoms with Gasteiger partial charge < -0.3 is 0 Å². The van der Waals surface area contributed by atoms with E-state index in [2.05, 4.69) is 48.8 Å². The third kappa shape index (κ3) is 4.45. The van der Waals surface area contributed by atoms with Gasteiger partial charge in [0.15, 0.2) is 0 Å². The molecule has 21 heavy (non-hydrogen) atoms. The smallest absolute Gasteiger partial charge is 0.147 e. The Morgan fingerprint density at radius 3 is 2.33 bits per heavy atom. The molecule has 0 saturated heterocycles. The third-order valence-electron chi connectivity index (χ3n) is 3.44. The second-order valence-corrected chi connectivity index (χ2v) is 7.18. The summed E-state index contributed by atoms with van der Waals surface area (Å²) in [6, 6.07) is 12.3. The molecule has 0 aliphatic carbocycles. The first-order valence-corrected chi connectivity index (χ1v) is 8.71. The van der Waals surface area contributed by atoms with Crippen molar-refractivity contribution in [2.75, 3.05) is 5.75 Å². The fourth-order valence-electron chi connectivity index (χ4n) is 2.46. The molecule has 3 heteroatoms. The standard InChI is InChI=1S/C18H19BrOS/c1-12-8-13(2)16(14(3)9-12)10-15(20)11-21-18-7-5-4-6-17(18)19/h4-9H,10-11H2,1-3H3. The molecule has 2 rings (SSSR count). The van der Waals surface area contributed by atoms with Gasteiger partial charge in [-0.05, 0) is 65.5 Å². The SMILES string of the molecule is Cc1cc(C)c(CC(=O)CSc2ccccc2Br)c(C)c1. The van der Waals surface area contributed by atoms with E-state index in [0.29, 0.717) is 12.2 Å². The quantitative estimate of drug-likeness (QED) is 0.673. The van der Waals surface area contributed by atoms with Crippen LogP contribution in [0.1, 0.15) is 22.3 Å². The molecule has 0 spiro atoms. The van der Waals surface area contributed by atoms with Crippen LogP contribution in [0, 0.1) is 20.8 Å². The fraction of sp³-hybridized carbons (Fsp3) is 0.278. The van der Waals surface area contributed by atoms with Crippen molar-refractivity contribution >= 4 is 33.5 Å². The van der Waals surface area contributed by atoms with Gasteiger partial charge in [-0.15, -0.1) is 11.8 Å². The second-order valence-electron chi connectivity index (χ2n) is 5.31. The number of carbonyl (C=O) groups is 1.